The van der Waals surface area contributed by atoms with Gasteiger partial charge in [0.25, 0.3) is 11.8 Å². The average Bonchev–Trinajstić information content (AvgIpc) is 3.03. The number of rotatable bonds is 10. The van der Waals surface area contributed by atoms with Crippen molar-refractivity contribution in [2.24, 2.45) is 0 Å². The molecule has 2 aliphatic heterocycles. The van der Waals surface area contributed by atoms with Gasteiger partial charge in [-0.15, -0.1) is 0 Å². The van der Waals surface area contributed by atoms with Gasteiger partial charge in [-0.05, 0) is 48.5 Å². The third kappa shape index (κ3) is 7.60. The van der Waals surface area contributed by atoms with Gasteiger partial charge in [-0.2, -0.15) is 0 Å². The first-order valence-electron chi connectivity index (χ1n) is 13.5. The van der Waals surface area contributed by atoms with Crippen molar-refractivity contribution in [1.29, 1.82) is 0 Å². The highest BCUT2D eigenvalue weighted by Gasteiger charge is 2.50. The molecular formula is C28H32N2O14S. The summed E-state index contributed by atoms with van der Waals surface area (Å²) in [4.78, 5) is 48.0. The largest absolute Gasteiger partial charge is 0.478 e. The van der Waals surface area contributed by atoms with Crippen molar-refractivity contribution in [2.75, 3.05) is 13.2 Å². The van der Waals surface area contributed by atoms with Crippen LogP contribution in [-0.4, -0.2) is 137 Å². The Balaban J connectivity index is 1.50. The van der Waals surface area contributed by atoms with Crippen LogP contribution in [0.25, 0.3) is 0 Å². The first kappa shape index (κ1) is 34.2. The maximum absolute atomic E-state index is 12.9. The summed E-state index contributed by atoms with van der Waals surface area (Å²) in [5.41, 5.74) is -2.87. The fourth-order valence-corrected chi connectivity index (χ4v) is 6.21. The zero-order valence-electron chi connectivity index (χ0n) is 23.2. The number of aromatic carboxylic acids is 2. The van der Waals surface area contributed by atoms with Gasteiger partial charge < -0.3 is 61.0 Å². The molecule has 2 fully saturated rings. The van der Waals surface area contributed by atoms with E-state index in [-0.39, 0.29) is 22.3 Å². The number of thioether (sulfide) groups is 1. The quantitative estimate of drug-likeness (QED) is 0.128. The lowest BCUT2D eigenvalue weighted by molar-refractivity contribution is -0.175. The predicted molar refractivity (Wildman–Crippen MR) is 152 cm³/mol. The maximum atomic E-state index is 12.9. The van der Waals surface area contributed by atoms with E-state index in [4.69, 9.17) is 19.7 Å². The van der Waals surface area contributed by atoms with E-state index in [1.165, 1.54) is 48.5 Å². The Morgan fingerprint density at radius 2 is 0.889 bits per heavy atom. The number of carbonyl (C=O) groups is 4. The third-order valence-corrected chi connectivity index (χ3v) is 8.74. The normalized spacial score (nSPS) is 31.5. The van der Waals surface area contributed by atoms with Crippen molar-refractivity contribution in [3.05, 3.63) is 70.8 Å². The lowest BCUT2D eigenvalue weighted by Crippen LogP contribution is -2.66. The maximum Gasteiger partial charge on any atom is 0.335 e. The van der Waals surface area contributed by atoms with Crippen molar-refractivity contribution in [2.45, 2.75) is 59.6 Å². The SMILES string of the molecule is O=C(O)c1ccc(C(=O)NC2C(O)C(SC3O[C@@H](CO)[C@H](O)[C@H](NC(=O)c4ccc(C(=O)O)cc4)[C@H]3O)O[C@H](CO)[C@@H]2O)cc1. The summed E-state index contributed by atoms with van der Waals surface area (Å²) in [6.45, 7) is -1.48. The van der Waals surface area contributed by atoms with Crippen LogP contribution >= 0.6 is 11.8 Å². The summed E-state index contributed by atoms with van der Waals surface area (Å²) in [6.07, 6.45) is -9.21. The summed E-state index contributed by atoms with van der Waals surface area (Å²) in [7, 11) is 0. The van der Waals surface area contributed by atoms with Gasteiger partial charge in [0.05, 0.1) is 36.4 Å². The topological polar surface area (TPSA) is 273 Å². The molecule has 0 aromatic heterocycles. The minimum Gasteiger partial charge on any atom is -0.478 e. The van der Waals surface area contributed by atoms with Crippen LogP contribution in [0.1, 0.15) is 41.4 Å². The Hall–Kier alpha value is -3.65. The van der Waals surface area contributed by atoms with Gasteiger partial charge in [-0.3, -0.25) is 9.59 Å². The number of carbonyl (C=O) groups excluding carboxylic acids is 2. The molecule has 16 nitrogen and oxygen atoms in total. The van der Waals surface area contributed by atoms with Crippen molar-refractivity contribution in [3.8, 4) is 0 Å². The van der Waals surface area contributed by atoms with Crippen LogP contribution in [0.2, 0.25) is 0 Å². The molecule has 2 aromatic rings. The first-order chi connectivity index (χ1) is 21.4. The van der Waals surface area contributed by atoms with Gasteiger partial charge in [-0.25, -0.2) is 9.59 Å². The molecule has 17 heteroatoms. The molecule has 2 saturated heterocycles. The number of hydrogen-bond donors (Lipinski definition) is 10. The highest BCUT2D eigenvalue weighted by atomic mass is 32.2. The molecule has 2 amide bonds. The van der Waals surface area contributed by atoms with Crippen LogP contribution in [0.3, 0.4) is 0 Å². The average molecular weight is 653 g/mol. The van der Waals surface area contributed by atoms with E-state index in [1.54, 1.807) is 0 Å². The molecule has 0 radical (unpaired) electrons. The first-order valence-corrected chi connectivity index (χ1v) is 14.5. The third-order valence-electron chi connectivity index (χ3n) is 7.42. The van der Waals surface area contributed by atoms with Crippen LogP contribution in [0, 0.1) is 0 Å². The fraction of sp³-hybridized carbons (Fsp3) is 0.429. The van der Waals surface area contributed by atoms with Crippen LogP contribution < -0.4 is 10.6 Å². The minimum atomic E-state index is -1.67. The molecule has 4 rings (SSSR count). The highest BCUT2D eigenvalue weighted by molar-refractivity contribution is 8.00. The number of ether oxygens (including phenoxy) is 2. The van der Waals surface area contributed by atoms with E-state index in [0.717, 1.165) is 0 Å². The molecule has 45 heavy (non-hydrogen) atoms. The van der Waals surface area contributed by atoms with Crippen LogP contribution in [0.4, 0.5) is 0 Å². The summed E-state index contributed by atoms with van der Waals surface area (Å²) in [5, 5.41) is 86.3. The fourth-order valence-electron chi connectivity index (χ4n) is 4.87. The molecule has 244 valence electrons. The van der Waals surface area contributed by atoms with Gasteiger partial charge in [0.15, 0.2) is 0 Å². The number of carboxylic acid groups (broad SMARTS) is 2. The lowest BCUT2D eigenvalue weighted by atomic mass is 9.96. The van der Waals surface area contributed by atoms with E-state index < -0.39 is 96.5 Å². The molecule has 0 spiro atoms. The monoisotopic (exact) mass is 652 g/mol. The van der Waals surface area contributed by atoms with Crippen molar-refractivity contribution in [3.63, 3.8) is 0 Å². The summed E-state index contributed by atoms with van der Waals surface area (Å²) < 4.78 is 11.3. The van der Waals surface area contributed by atoms with Crippen molar-refractivity contribution < 1.29 is 69.5 Å². The Bertz CT molecular complexity index is 1270. The molecular weight excluding hydrogens is 620 g/mol. The van der Waals surface area contributed by atoms with E-state index in [2.05, 4.69) is 10.6 Å². The minimum absolute atomic E-state index is 0.0117. The van der Waals surface area contributed by atoms with Gasteiger partial charge >= 0.3 is 11.9 Å². The summed E-state index contributed by atoms with van der Waals surface area (Å²) in [6, 6.07) is 6.84. The Morgan fingerprint density at radius 1 is 0.578 bits per heavy atom. The van der Waals surface area contributed by atoms with Gasteiger partial charge in [0, 0.05) is 11.1 Å². The van der Waals surface area contributed by atoms with E-state index in [1.807, 2.05) is 0 Å². The van der Waals surface area contributed by atoms with Crippen molar-refractivity contribution in [1.82, 2.24) is 10.6 Å². The van der Waals surface area contributed by atoms with Gasteiger partial charge in [0.2, 0.25) is 0 Å². The molecule has 0 aliphatic carbocycles. The summed E-state index contributed by atoms with van der Waals surface area (Å²) in [5.74, 6) is -3.98. The van der Waals surface area contributed by atoms with Gasteiger partial charge in [0.1, 0.15) is 47.5 Å². The second-order valence-corrected chi connectivity index (χ2v) is 11.5. The molecule has 10 atom stereocenters. The van der Waals surface area contributed by atoms with E-state index >= 15 is 0 Å². The predicted octanol–water partition coefficient (Wildman–Crippen LogP) is -2.41. The zero-order chi connectivity index (χ0) is 33.0. The Kier molecular flexibility index (Phi) is 11.1. The van der Waals surface area contributed by atoms with E-state index in [0.29, 0.717) is 11.8 Å². The molecule has 0 bridgehead atoms. The molecule has 2 aromatic carbocycles. The standard InChI is InChI=1S/C28H32N2O14S/c31-9-15-19(33)17(29-23(37)11-1-5-13(6-2-11)25(39)40)21(35)27(43-15)45-28-22(36)18(20(34)16(10-32)44-28)30-24(38)12-3-7-14(8-4-12)26(41)42/h1-8,15-22,27-28,31-36H,9-10H2,(H,29,37)(H,30,38)(H,39,40)(H,41,42)/t15-,16+,17-,18?,19-,20-,21+,22?,27?,28?/m0/s1. The molecule has 10 N–H and O–H groups in total. The number of amides is 2. The second kappa shape index (κ2) is 14.6. The number of hydrogen-bond acceptors (Lipinski definition) is 13. The number of aliphatic hydroxyl groups is 6. The Labute approximate surface area is 259 Å². The van der Waals surface area contributed by atoms with Crippen molar-refractivity contribution >= 4 is 35.5 Å². The molecule has 4 unspecified atom stereocenters. The molecule has 0 saturated carbocycles. The van der Waals surface area contributed by atoms with Crippen LogP contribution in [0.15, 0.2) is 48.5 Å². The van der Waals surface area contributed by atoms with Crippen LogP contribution in [-0.2, 0) is 9.47 Å². The second-order valence-electron chi connectivity index (χ2n) is 10.3. The van der Waals surface area contributed by atoms with E-state index in [9.17, 15) is 49.8 Å². The number of benzene rings is 2. The smallest absolute Gasteiger partial charge is 0.335 e. The van der Waals surface area contributed by atoms with Crippen LogP contribution in [0.5, 0.6) is 0 Å². The lowest BCUT2D eigenvalue weighted by Gasteiger charge is -2.46. The summed E-state index contributed by atoms with van der Waals surface area (Å²) >= 11 is 0.642. The highest BCUT2D eigenvalue weighted by Crippen LogP contribution is 2.36. The zero-order valence-corrected chi connectivity index (χ0v) is 24.1. The number of nitrogens with one attached hydrogen (secondary N) is 2. The Morgan fingerprint density at radius 3 is 1.18 bits per heavy atom. The number of carboxylic acids is 2. The van der Waals surface area contributed by atoms with Gasteiger partial charge in [-0.1, -0.05) is 11.8 Å². The molecule has 2 heterocycles. The number of aliphatic hydroxyl groups excluding tert-OH is 6. The molecule has 2 aliphatic rings.